The van der Waals surface area contributed by atoms with Crippen LogP contribution in [0.4, 0.5) is 5.69 Å². The molecule has 3 aliphatic heterocycles. The molecule has 2 amide bonds. The van der Waals surface area contributed by atoms with E-state index in [1.165, 1.54) is 11.8 Å². The highest BCUT2D eigenvalue weighted by Gasteiger charge is 2.35. The summed E-state index contributed by atoms with van der Waals surface area (Å²) >= 11 is 0. The van der Waals surface area contributed by atoms with Crippen molar-refractivity contribution in [3.05, 3.63) is 108 Å². The fourth-order valence-corrected chi connectivity index (χ4v) is 6.75. The van der Waals surface area contributed by atoms with E-state index in [2.05, 4.69) is 9.88 Å². The molecule has 3 aromatic carbocycles. The zero-order valence-electron chi connectivity index (χ0n) is 25.3. The number of amides is 2. The molecule has 228 valence electrons. The van der Waals surface area contributed by atoms with Gasteiger partial charge in [0.25, 0.3) is 5.91 Å². The van der Waals surface area contributed by atoms with Gasteiger partial charge in [0.15, 0.2) is 0 Å². The number of anilines is 1. The minimum Gasteiger partial charge on any atom is -0.378 e. The van der Waals surface area contributed by atoms with Crippen molar-refractivity contribution in [2.75, 3.05) is 44.3 Å². The van der Waals surface area contributed by atoms with E-state index in [0.29, 0.717) is 47.2 Å². The van der Waals surface area contributed by atoms with Crippen LogP contribution in [0.25, 0.3) is 39.0 Å². The summed E-state index contributed by atoms with van der Waals surface area (Å²) in [5.41, 5.74) is 5.74. The molecule has 0 unspecified atom stereocenters. The number of ether oxygens (including phenoxy) is 1. The number of rotatable bonds is 4. The Bertz CT molecular complexity index is 2090. The normalized spacial score (nSPS) is 17.9. The highest BCUT2D eigenvalue weighted by molar-refractivity contribution is 6.26. The van der Waals surface area contributed by atoms with Gasteiger partial charge in [-0.1, -0.05) is 30.3 Å². The molecule has 0 spiro atoms. The van der Waals surface area contributed by atoms with Gasteiger partial charge in [-0.2, -0.15) is 0 Å². The first kappa shape index (κ1) is 28.2. The Labute approximate surface area is 265 Å². The van der Waals surface area contributed by atoms with Crippen molar-refractivity contribution >= 4 is 51.2 Å². The quantitative estimate of drug-likeness (QED) is 0.259. The van der Waals surface area contributed by atoms with Gasteiger partial charge in [0, 0.05) is 61.2 Å². The minimum atomic E-state index is -0.254. The standard InChI is InChI=1S/C37H31N5O4/c1-23(43)42-34-9-5-3-7-29(34)36(44)35(42)20-25-19-30(27-12-13-38-32-8-4-2-6-28(27)32)31-18-24(10-11-33(31)39-25)37(45)41-16-14-40(15-17-41)26-21-46-22-26/h2-13,18-20,26H,14-17,21-22H2,1H3/b35-20-. The van der Waals surface area contributed by atoms with Crippen molar-refractivity contribution in [1.82, 2.24) is 19.8 Å². The van der Waals surface area contributed by atoms with Gasteiger partial charge in [0.05, 0.1) is 47.4 Å². The Balaban J connectivity index is 1.24. The second kappa shape index (κ2) is 11.3. The van der Waals surface area contributed by atoms with Crippen LogP contribution in [0, 0.1) is 0 Å². The number of pyridine rings is 2. The number of benzene rings is 3. The van der Waals surface area contributed by atoms with Gasteiger partial charge in [0.2, 0.25) is 11.7 Å². The number of carbonyl (C=O) groups excluding carboxylic acids is 3. The molecular weight excluding hydrogens is 578 g/mol. The Morgan fingerprint density at radius 1 is 0.826 bits per heavy atom. The second-order valence-corrected chi connectivity index (χ2v) is 12.0. The summed E-state index contributed by atoms with van der Waals surface area (Å²) in [6.45, 7) is 6.00. The molecule has 0 aliphatic carbocycles. The van der Waals surface area contributed by atoms with E-state index in [0.717, 1.165) is 53.7 Å². The van der Waals surface area contributed by atoms with Crippen molar-refractivity contribution in [1.29, 1.82) is 0 Å². The van der Waals surface area contributed by atoms with E-state index in [1.807, 2.05) is 65.6 Å². The lowest BCUT2D eigenvalue weighted by Crippen LogP contribution is -2.57. The van der Waals surface area contributed by atoms with Gasteiger partial charge < -0.3 is 9.64 Å². The molecule has 9 nitrogen and oxygen atoms in total. The maximum absolute atomic E-state index is 13.8. The molecule has 46 heavy (non-hydrogen) atoms. The molecule has 8 rings (SSSR count). The minimum absolute atomic E-state index is 0.00504. The van der Waals surface area contributed by atoms with Crippen LogP contribution in [0.1, 0.15) is 33.3 Å². The number of ketones is 1. The van der Waals surface area contributed by atoms with Crippen molar-refractivity contribution in [2.45, 2.75) is 13.0 Å². The molecule has 0 radical (unpaired) electrons. The maximum Gasteiger partial charge on any atom is 0.253 e. The highest BCUT2D eigenvalue weighted by Crippen LogP contribution is 2.38. The van der Waals surface area contributed by atoms with Crippen molar-refractivity contribution in [2.24, 2.45) is 0 Å². The van der Waals surface area contributed by atoms with Gasteiger partial charge >= 0.3 is 0 Å². The van der Waals surface area contributed by atoms with Gasteiger partial charge in [0.1, 0.15) is 0 Å². The number of aromatic nitrogens is 2. The molecule has 2 aromatic heterocycles. The number of piperazine rings is 1. The molecule has 0 N–H and O–H groups in total. The van der Waals surface area contributed by atoms with Crippen LogP contribution in [-0.4, -0.2) is 82.8 Å². The molecule has 3 aliphatic rings. The highest BCUT2D eigenvalue weighted by atomic mass is 16.5. The summed E-state index contributed by atoms with van der Waals surface area (Å²) in [4.78, 5) is 55.3. The largest absolute Gasteiger partial charge is 0.378 e. The summed E-state index contributed by atoms with van der Waals surface area (Å²) in [5.74, 6) is -0.486. The summed E-state index contributed by atoms with van der Waals surface area (Å²) in [6, 6.07) is 25.0. The lowest BCUT2D eigenvalue weighted by atomic mass is 9.95. The van der Waals surface area contributed by atoms with Crippen molar-refractivity contribution in [3.8, 4) is 11.1 Å². The fourth-order valence-electron chi connectivity index (χ4n) is 6.75. The fraction of sp³-hybridized carbons (Fsp3) is 0.216. The van der Waals surface area contributed by atoms with E-state index in [4.69, 9.17) is 9.72 Å². The van der Waals surface area contributed by atoms with Crippen LogP contribution in [0.2, 0.25) is 0 Å². The lowest BCUT2D eigenvalue weighted by molar-refractivity contribution is -0.116. The monoisotopic (exact) mass is 609 g/mol. The number of allylic oxidation sites excluding steroid dienone is 1. The zero-order valence-corrected chi connectivity index (χ0v) is 25.3. The number of fused-ring (bicyclic) bond motifs is 3. The van der Waals surface area contributed by atoms with Crippen LogP contribution in [-0.2, 0) is 9.53 Å². The molecule has 0 atom stereocenters. The number of nitrogens with zero attached hydrogens (tertiary/aromatic N) is 5. The first-order valence-electron chi connectivity index (χ1n) is 15.5. The second-order valence-electron chi connectivity index (χ2n) is 12.0. The molecule has 2 saturated heterocycles. The predicted octanol–water partition coefficient (Wildman–Crippen LogP) is 5.20. The first-order valence-corrected chi connectivity index (χ1v) is 15.5. The third-order valence-electron chi connectivity index (χ3n) is 9.22. The van der Waals surface area contributed by atoms with Crippen molar-refractivity contribution in [3.63, 3.8) is 0 Å². The van der Waals surface area contributed by atoms with Crippen molar-refractivity contribution < 1.29 is 19.1 Å². The van der Waals surface area contributed by atoms with E-state index in [1.54, 1.807) is 30.5 Å². The topological polar surface area (TPSA) is 95.9 Å². The molecule has 0 bridgehead atoms. The average molecular weight is 610 g/mol. The van der Waals surface area contributed by atoms with Gasteiger partial charge in [-0.25, -0.2) is 4.98 Å². The molecular formula is C37H31N5O4. The Morgan fingerprint density at radius 2 is 1.61 bits per heavy atom. The van der Waals surface area contributed by atoms with E-state index < -0.39 is 0 Å². The lowest BCUT2D eigenvalue weighted by Gasteiger charge is -2.42. The number of hydrogen-bond donors (Lipinski definition) is 0. The van der Waals surface area contributed by atoms with Crippen LogP contribution in [0.3, 0.4) is 0 Å². The molecule has 5 aromatic rings. The number of para-hydroxylation sites is 2. The molecule has 0 saturated carbocycles. The van der Waals surface area contributed by atoms with E-state index >= 15 is 0 Å². The van der Waals surface area contributed by atoms with Crippen LogP contribution in [0.15, 0.2) is 90.8 Å². The molecule has 9 heteroatoms. The van der Waals surface area contributed by atoms with E-state index in [9.17, 15) is 14.4 Å². The summed E-state index contributed by atoms with van der Waals surface area (Å²) in [7, 11) is 0. The zero-order chi connectivity index (χ0) is 31.4. The molecule has 5 heterocycles. The number of Topliss-reactive ketones (excluding diaryl/α,β-unsaturated/α-hetero) is 1. The predicted molar refractivity (Wildman–Crippen MR) is 176 cm³/mol. The SMILES string of the molecule is CC(=O)N1/C(=C\c2cc(-c3ccnc4ccccc34)c3cc(C(=O)N4CCN(C5COC5)CC4)ccc3n2)C(=O)c2ccccc21. The van der Waals surface area contributed by atoms with E-state index in [-0.39, 0.29) is 23.3 Å². The van der Waals surface area contributed by atoms with Gasteiger partial charge in [-0.3, -0.25) is 29.2 Å². The van der Waals surface area contributed by atoms with Crippen LogP contribution in [0.5, 0.6) is 0 Å². The third-order valence-corrected chi connectivity index (χ3v) is 9.22. The number of carbonyl (C=O) groups is 3. The third kappa shape index (κ3) is 4.76. The Hall–Kier alpha value is -5.25. The summed E-state index contributed by atoms with van der Waals surface area (Å²) < 4.78 is 5.36. The molecule has 2 fully saturated rings. The van der Waals surface area contributed by atoms with Crippen LogP contribution < -0.4 is 4.90 Å². The van der Waals surface area contributed by atoms with Gasteiger partial charge in [-0.05, 0) is 65.7 Å². The van der Waals surface area contributed by atoms with Gasteiger partial charge in [-0.15, -0.1) is 0 Å². The maximum atomic E-state index is 13.8. The number of hydrogen-bond acceptors (Lipinski definition) is 7. The Morgan fingerprint density at radius 3 is 2.39 bits per heavy atom. The first-order chi connectivity index (χ1) is 22.5. The summed E-state index contributed by atoms with van der Waals surface area (Å²) in [6.07, 6.45) is 3.46. The summed E-state index contributed by atoms with van der Waals surface area (Å²) in [5, 5.41) is 1.78. The smallest absolute Gasteiger partial charge is 0.253 e. The Kier molecular flexibility index (Phi) is 6.92. The average Bonchev–Trinajstić information content (AvgIpc) is 3.34. The van der Waals surface area contributed by atoms with Crippen LogP contribution >= 0.6 is 0 Å².